The van der Waals surface area contributed by atoms with E-state index in [0.717, 1.165) is 50.4 Å². The van der Waals surface area contributed by atoms with E-state index >= 15 is 0 Å². The molecular formula is C43H42N4OPt. The fraction of sp³-hybridized carbons (Fsp3) is 0.256. The van der Waals surface area contributed by atoms with E-state index in [-0.39, 0.29) is 26.5 Å². The molecule has 0 N–H and O–H groups in total. The summed E-state index contributed by atoms with van der Waals surface area (Å²) in [6.07, 6.45) is 1.91. The molecule has 0 spiro atoms. The number of aromatic nitrogens is 4. The molecule has 250 valence electrons. The Kier molecular flexibility index (Phi) is 9.44. The van der Waals surface area contributed by atoms with Crippen LogP contribution in [-0.2, 0) is 26.5 Å². The molecule has 7 rings (SSSR count). The number of aryl methyl sites for hydroxylation is 1. The quantitative estimate of drug-likeness (QED) is 0.150. The predicted octanol–water partition coefficient (Wildman–Crippen LogP) is 11.1. The minimum atomic E-state index is -0.0114. The second-order valence-electron chi connectivity index (χ2n) is 14.2. The molecule has 0 aliphatic heterocycles. The third-order valence-corrected chi connectivity index (χ3v) is 9.59. The Labute approximate surface area is 304 Å². The van der Waals surface area contributed by atoms with Gasteiger partial charge in [-0.3, -0.25) is 4.68 Å². The van der Waals surface area contributed by atoms with Gasteiger partial charge in [-0.2, -0.15) is 17.2 Å². The van der Waals surface area contributed by atoms with Gasteiger partial charge in [-0.25, -0.2) is 4.98 Å². The zero-order valence-electron chi connectivity index (χ0n) is 29.4. The van der Waals surface area contributed by atoms with Crippen molar-refractivity contribution in [3.63, 3.8) is 0 Å². The van der Waals surface area contributed by atoms with Gasteiger partial charge < -0.3 is 9.30 Å². The minimum Gasteiger partial charge on any atom is -0.509 e. The summed E-state index contributed by atoms with van der Waals surface area (Å²) in [6, 6.07) is 38.7. The average molecular weight is 826 g/mol. The third-order valence-electron chi connectivity index (χ3n) is 9.59. The SMILES string of the molecule is Cc1nn(-c2[c-]c(Oc3[c-]c4c(cc3)c3cc(C(C)C(C)C)ccc3n4-c3cc(C(C)(C)C)ccn3)ccc2)c(C)c1-c1ccccc1.[Pt+2]. The van der Waals surface area contributed by atoms with Crippen molar-refractivity contribution in [1.82, 2.24) is 19.3 Å². The topological polar surface area (TPSA) is 44.9 Å². The summed E-state index contributed by atoms with van der Waals surface area (Å²) < 4.78 is 10.6. The van der Waals surface area contributed by atoms with Gasteiger partial charge >= 0.3 is 21.1 Å². The molecule has 0 bridgehead atoms. The molecule has 1 unspecified atom stereocenters. The van der Waals surface area contributed by atoms with Crippen LogP contribution in [0.1, 0.15) is 70.0 Å². The van der Waals surface area contributed by atoms with Crippen molar-refractivity contribution in [1.29, 1.82) is 0 Å². The van der Waals surface area contributed by atoms with Crippen molar-refractivity contribution in [2.75, 3.05) is 0 Å². The fourth-order valence-electron chi connectivity index (χ4n) is 6.55. The van der Waals surface area contributed by atoms with Crippen LogP contribution in [0.5, 0.6) is 11.5 Å². The largest absolute Gasteiger partial charge is 2.00 e. The summed E-state index contributed by atoms with van der Waals surface area (Å²) in [5.41, 5.74) is 9.71. The maximum Gasteiger partial charge on any atom is 2.00 e. The van der Waals surface area contributed by atoms with Crippen molar-refractivity contribution in [2.45, 2.75) is 66.7 Å². The number of benzene rings is 4. The van der Waals surface area contributed by atoms with E-state index in [1.807, 2.05) is 48.1 Å². The smallest absolute Gasteiger partial charge is 0.509 e. The zero-order valence-corrected chi connectivity index (χ0v) is 31.7. The number of hydrogen-bond acceptors (Lipinski definition) is 3. The van der Waals surface area contributed by atoms with Gasteiger partial charge in [-0.05, 0) is 77.1 Å². The third kappa shape index (κ3) is 6.49. The number of hydrogen-bond donors (Lipinski definition) is 0. The molecule has 4 aromatic carbocycles. The van der Waals surface area contributed by atoms with Crippen LogP contribution in [-0.4, -0.2) is 19.3 Å². The van der Waals surface area contributed by atoms with Crippen molar-refractivity contribution in [2.24, 2.45) is 5.92 Å². The average Bonchev–Trinajstić information content (AvgIpc) is 3.56. The van der Waals surface area contributed by atoms with Crippen LogP contribution in [0.3, 0.4) is 0 Å². The first-order valence-electron chi connectivity index (χ1n) is 16.8. The number of fused-ring (bicyclic) bond motifs is 3. The van der Waals surface area contributed by atoms with Gasteiger partial charge in [0.25, 0.3) is 0 Å². The summed E-state index contributed by atoms with van der Waals surface area (Å²) in [5.74, 6) is 3.06. The van der Waals surface area contributed by atoms with Gasteiger partial charge in [0.2, 0.25) is 0 Å². The minimum absolute atomic E-state index is 0. The molecule has 0 amide bonds. The molecule has 0 aliphatic rings. The van der Waals surface area contributed by atoms with E-state index in [4.69, 9.17) is 14.8 Å². The van der Waals surface area contributed by atoms with E-state index in [1.54, 1.807) is 0 Å². The fourth-order valence-corrected chi connectivity index (χ4v) is 6.55. The van der Waals surface area contributed by atoms with Crippen molar-refractivity contribution in [3.05, 3.63) is 132 Å². The molecule has 7 aromatic rings. The first-order valence-corrected chi connectivity index (χ1v) is 16.8. The first-order chi connectivity index (χ1) is 23.0. The maximum atomic E-state index is 6.48. The van der Waals surface area contributed by atoms with Gasteiger partial charge in [-0.1, -0.05) is 89.5 Å². The molecule has 0 aliphatic carbocycles. The molecule has 0 fully saturated rings. The molecule has 0 saturated carbocycles. The Morgan fingerprint density at radius 2 is 1.53 bits per heavy atom. The zero-order chi connectivity index (χ0) is 33.7. The van der Waals surface area contributed by atoms with Crippen molar-refractivity contribution >= 4 is 21.8 Å². The van der Waals surface area contributed by atoms with Crippen LogP contribution >= 0.6 is 0 Å². The maximum absolute atomic E-state index is 6.48. The summed E-state index contributed by atoms with van der Waals surface area (Å²) >= 11 is 0. The second-order valence-corrected chi connectivity index (χ2v) is 14.2. The standard InChI is InChI=1S/C43H42N4O.Pt/c1-27(2)28(3)32-17-20-39-38(23-32)37-19-18-36(26-40(37)46(39)41-24-33(21-22-44-41)43(6,7)8)48-35-16-12-15-34(25-35)47-30(5)42(29(4)45-47)31-13-10-9-11-14-31;/h9-24,27-28H,1-8H3;/q-2;+2. The van der Waals surface area contributed by atoms with E-state index in [1.165, 1.54) is 16.5 Å². The predicted molar refractivity (Wildman–Crippen MR) is 197 cm³/mol. The van der Waals surface area contributed by atoms with Gasteiger partial charge in [0.15, 0.2) is 0 Å². The number of nitrogens with zero attached hydrogens (tertiary/aromatic N) is 4. The Morgan fingerprint density at radius 3 is 2.27 bits per heavy atom. The molecule has 3 heterocycles. The van der Waals surface area contributed by atoms with Gasteiger partial charge in [-0.15, -0.1) is 35.7 Å². The second kappa shape index (κ2) is 13.4. The van der Waals surface area contributed by atoms with Crippen molar-refractivity contribution < 1.29 is 25.8 Å². The summed E-state index contributed by atoms with van der Waals surface area (Å²) in [7, 11) is 0. The van der Waals surface area contributed by atoms with Crippen molar-refractivity contribution in [3.8, 4) is 34.1 Å². The molecular weight excluding hydrogens is 784 g/mol. The number of rotatable bonds is 7. The normalized spacial score (nSPS) is 12.4. The molecule has 0 saturated heterocycles. The monoisotopic (exact) mass is 825 g/mol. The molecule has 49 heavy (non-hydrogen) atoms. The van der Waals surface area contributed by atoms with Crippen LogP contribution in [0.2, 0.25) is 0 Å². The van der Waals surface area contributed by atoms with Crippen LogP contribution in [0.4, 0.5) is 0 Å². The van der Waals surface area contributed by atoms with E-state index in [0.29, 0.717) is 23.3 Å². The van der Waals surface area contributed by atoms with E-state index in [2.05, 4.69) is 126 Å². The number of ether oxygens (including phenoxy) is 1. The molecule has 5 nitrogen and oxygen atoms in total. The first kappa shape index (κ1) is 34.4. The Balaban J connectivity index is 0.00000417. The Bertz CT molecular complexity index is 2270. The van der Waals surface area contributed by atoms with Gasteiger partial charge in [0.1, 0.15) is 5.82 Å². The molecule has 3 aromatic heterocycles. The van der Waals surface area contributed by atoms with Gasteiger partial charge in [0.05, 0.1) is 5.69 Å². The summed E-state index contributed by atoms with van der Waals surface area (Å²) in [4.78, 5) is 4.87. The van der Waals surface area contributed by atoms with Gasteiger partial charge in [0, 0.05) is 34.5 Å². The van der Waals surface area contributed by atoms with Crippen LogP contribution < -0.4 is 4.74 Å². The number of pyridine rings is 1. The molecule has 6 heteroatoms. The Morgan fingerprint density at radius 1 is 0.776 bits per heavy atom. The van der Waals surface area contributed by atoms with E-state index in [9.17, 15) is 0 Å². The molecule has 0 radical (unpaired) electrons. The van der Waals surface area contributed by atoms with Crippen LogP contribution in [0, 0.1) is 31.9 Å². The summed E-state index contributed by atoms with van der Waals surface area (Å²) in [5, 5.41) is 7.19. The van der Waals surface area contributed by atoms with E-state index < -0.39 is 0 Å². The van der Waals surface area contributed by atoms with Crippen LogP contribution in [0.15, 0.2) is 97.2 Å². The van der Waals surface area contributed by atoms with Crippen LogP contribution in [0.25, 0.3) is 44.4 Å². The summed E-state index contributed by atoms with van der Waals surface area (Å²) in [6.45, 7) is 17.7. The Hall–Kier alpha value is -4.47. The molecule has 1 atom stereocenters.